The average Bonchev–Trinajstić information content (AvgIpc) is 2.92. The Kier molecular flexibility index (Phi) is 10.4. The van der Waals surface area contributed by atoms with Crippen LogP contribution in [0.1, 0.15) is 37.0 Å². The molecule has 0 aliphatic rings. The number of sulfonamides is 1. The van der Waals surface area contributed by atoms with Crippen LogP contribution in [-0.4, -0.2) is 44.3 Å². The highest BCUT2D eigenvalue weighted by Gasteiger charge is 2.35. The van der Waals surface area contributed by atoms with Crippen molar-refractivity contribution in [1.82, 2.24) is 10.2 Å². The van der Waals surface area contributed by atoms with Crippen LogP contribution in [0.4, 0.5) is 18.9 Å². The van der Waals surface area contributed by atoms with Crippen LogP contribution in [-0.2, 0) is 32.3 Å². The van der Waals surface area contributed by atoms with E-state index in [0.717, 1.165) is 17.7 Å². The van der Waals surface area contributed by atoms with E-state index in [-0.39, 0.29) is 23.5 Å². The molecule has 1 atom stereocenters. The van der Waals surface area contributed by atoms with Crippen LogP contribution in [0.25, 0.3) is 0 Å². The number of hydrogen-bond donors (Lipinski definition) is 1. The van der Waals surface area contributed by atoms with Crippen LogP contribution in [0.15, 0.2) is 77.7 Å². The first-order chi connectivity index (χ1) is 19.3. The Morgan fingerprint density at radius 2 is 1.61 bits per heavy atom. The molecule has 0 spiro atoms. The summed E-state index contributed by atoms with van der Waals surface area (Å²) in [7, 11) is -4.50. The zero-order valence-electron chi connectivity index (χ0n) is 22.8. The Bertz CT molecular complexity index is 1460. The number of hydrogen-bond acceptors (Lipinski definition) is 4. The molecule has 3 aromatic rings. The quantitative estimate of drug-likeness (QED) is 0.297. The van der Waals surface area contributed by atoms with Crippen molar-refractivity contribution in [2.75, 3.05) is 17.4 Å². The molecule has 0 radical (unpaired) electrons. The van der Waals surface area contributed by atoms with Crippen LogP contribution >= 0.6 is 11.6 Å². The topological polar surface area (TPSA) is 86.8 Å². The molecule has 0 aliphatic heterocycles. The Labute approximate surface area is 243 Å². The summed E-state index contributed by atoms with van der Waals surface area (Å²) in [6, 6.07) is 15.1. The maximum Gasteiger partial charge on any atom is 0.416 e. The number of benzene rings is 3. The fraction of sp³-hybridized carbons (Fsp3) is 0.310. The third-order valence-electron chi connectivity index (χ3n) is 6.35. The van der Waals surface area contributed by atoms with E-state index in [4.69, 9.17) is 11.6 Å². The van der Waals surface area contributed by atoms with Crippen LogP contribution < -0.4 is 9.62 Å². The lowest BCUT2D eigenvalue weighted by Gasteiger charge is -2.33. The smallest absolute Gasteiger partial charge is 0.355 e. The number of nitrogens with one attached hydrogen (secondary N) is 1. The maximum atomic E-state index is 13.9. The fourth-order valence-corrected chi connectivity index (χ4v) is 5.73. The molecule has 0 bridgehead atoms. The Morgan fingerprint density at radius 3 is 2.17 bits per heavy atom. The second-order valence-corrected chi connectivity index (χ2v) is 11.6. The van der Waals surface area contributed by atoms with E-state index in [1.807, 2.05) is 0 Å². The average molecular weight is 610 g/mol. The van der Waals surface area contributed by atoms with E-state index in [0.29, 0.717) is 27.5 Å². The van der Waals surface area contributed by atoms with Gasteiger partial charge in [-0.05, 0) is 68.3 Å². The van der Waals surface area contributed by atoms with Gasteiger partial charge in [-0.2, -0.15) is 13.2 Å². The van der Waals surface area contributed by atoms with Crippen molar-refractivity contribution < 1.29 is 31.2 Å². The molecule has 0 saturated heterocycles. The lowest BCUT2D eigenvalue weighted by atomic mass is 10.1. The van der Waals surface area contributed by atoms with Crippen molar-refractivity contribution in [2.24, 2.45) is 0 Å². The number of anilines is 1. The van der Waals surface area contributed by atoms with Crippen LogP contribution in [0.5, 0.6) is 0 Å². The SMILES string of the molecule is CCNC(=O)C(CC)N(Cc1ccc(Cl)cc1)C(=O)CN(c1cccc(C(F)(F)F)c1)S(=O)(=O)c1ccc(C)cc1. The minimum atomic E-state index is -4.74. The van der Waals surface area contributed by atoms with Gasteiger partial charge in [0.1, 0.15) is 12.6 Å². The van der Waals surface area contributed by atoms with Gasteiger partial charge in [-0.15, -0.1) is 0 Å². The van der Waals surface area contributed by atoms with E-state index >= 15 is 0 Å². The van der Waals surface area contributed by atoms with Gasteiger partial charge in [0.05, 0.1) is 16.1 Å². The predicted molar refractivity (Wildman–Crippen MR) is 152 cm³/mol. The molecule has 41 heavy (non-hydrogen) atoms. The van der Waals surface area contributed by atoms with Crippen LogP contribution in [0.3, 0.4) is 0 Å². The highest BCUT2D eigenvalue weighted by molar-refractivity contribution is 7.92. The lowest BCUT2D eigenvalue weighted by molar-refractivity contribution is -0.140. The van der Waals surface area contributed by atoms with Gasteiger partial charge in [-0.3, -0.25) is 13.9 Å². The van der Waals surface area contributed by atoms with Gasteiger partial charge in [-0.25, -0.2) is 8.42 Å². The number of carbonyl (C=O) groups excluding carboxylic acids is 2. The summed E-state index contributed by atoms with van der Waals surface area (Å²) in [5, 5.41) is 3.15. The van der Waals surface area contributed by atoms with Crippen molar-refractivity contribution in [3.05, 3.63) is 94.5 Å². The second-order valence-electron chi connectivity index (χ2n) is 9.34. The summed E-state index contributed by atoms with van der Waals surface area (Å²) in [5.74, 6) is -1.21. The minimum absolute atomic E-state index is 0.0628. The fourth-order valence-electron chi connectivity index (χ4n) is 4.20. The van der Waals surface area contributed by atoms with Crippen molar-refractivity contribution in [3.8, 4) is 0 Å². The van der Waals surface area contributed by atoms with E-state index in [1.54, 1.807) is 57.2 Å². The van der Waals surface area contributed by atoms with Crippen LogP contribution in [0, 0.1) is 6.92 Å². The van der Waals surface area contributed by atoms with Crippen LogP contribution in [0.2, 0.25) is 5.02 Å². The molecule has 0 heterocycles. The molecular weight excluding hydrogens is 579 g/mol. The van der Waals surface area contributed by atoms with Crippen molar-refractivity contribution in [3.63, 3.8) is 0 Å². The number of likely N-dealkylation sites (N-methyl/N-ethyl adjacent to an activating group) is 1. The molecule has 220 valence electrons. The van der Waals surface area contributed by atoms with E-state index < -0.39 is 46.2 Å². The van der Waals surface area contributed by atoms with E-state index in [1.165, 1.54) is 23.1 Å². The second kappa shape index (κ2) is 13.4. The Balaban J connectivity index is 2.11. The summed E-state index contributed by atoms with van der Waals surface area (Å²) in [6.07, 6.45) is -4.54. The van der Waals surface area contributed by atoms with E-state index in [9.17, 15) is 31.2 Å². The number of nitrogens with zero attached hydrogens (tertiary/aromatic N) is 2. The zero-order valence-corrected chi connectivity index (χ0v) is 24.4. The van der Waals surface area contributed by atoms with Gasteiger partial charge in [-0.1, -0.05) is 54.4 Å². The molecular formula is C29H31ClF3N3O4S. The van der Waals surface area contributed by atoms with Gasteiger partial charge >= 0.3 is 6.18 Å². The third kappa shape index (κ3) is 8.01. The van der Waals surface area contributed by atoms with Gasteiger partial charge in [0.15, 0.2) is 0 Å². The number of aryl methyl sites for hydroxylation is 1. The Morgan fingerprint density at radius 1 is 0.976 bits per heavy atom. The molecule has 7 nitrogen and oxygen atoms in total. The van der Waals surface area contributed by atoms with Gasteiger partial charge < -0.3 is 10.2 Å². The first-order valence-corrected chi connectivity index (χ1v) is 14.7. The summed E-state index contributed by atoms with van der Waals surface area (Å²) < 4.78 is 69.0. The van der Waals surface area contributed by atoms with Crippen molar-refractivity contribution in [2.45, 2.75) is 50.9 Å². The van der Waals surface area contributed by atoms with Gasteiger partial charge in [0.25, 0.3) is 10.0 Å². The normalized spacial score (nSPS) is 12.5. The molecule has 3 rings (SSSR count). The summed E-state index contributed by atoms with van der Waals surface area (Å²) in [6.45, 7) is 4.57. The number of halogens is 4. The molecule has 0 aromatic heterocycles. The standard InChI is InChI=1S/C29H31ClF3N3O4S/c1-4-26(28(38)34-5-2)35(18-21-11-13-23(30)14-12-21)27(37)19-36(24-8-6-7-22(17-24)29(31,32)33)41(39,40)25-15-9-20(3)10-16-25/h6-17,26H,4-5,18-19H2,1-3H3,(H,34,38). The van der Waals surface area contributed by atoms with Gasteiger partial charge in [0, 0.05) is 18.1 Å². The summed E-state index contributed by atoms with van der Waals surface area (Å²) >= 11 is 5.99. The monoisotopic (exact) mass is 609 g/mol. The van der Waals surface area contributed by atoms with Gasteiger partial charge in [0.2, 0.25) is 11.8 Å². The summed E-state index contributed by atoms with van der Waals surface area (Å²) in [5.41, 5.74) is -0.0189. The zero-order chi connectivity index (χ0) is 30.4. The highest BCUT2D eigenvalue weighted by Crippen LogP contribution is 2.33. The molecule has 2 amide bonds. The number of carbonyl (C=O) groups is 2. The van der Waals surface area contributed by atoms with Crippen molar-refractivity contribution in [1.29, 1.82) is 0 Å². The predicted octanol–water partition coefficient (Wildman–Crippen LogP) is 5.81. The number of alkyl halides is 3. The molecule has 1 N–H and O–H groups in total. The number of rotatable bonds is 11. The molecule has 3 aromatic carbocycles. The first kappa shape index (κ1) is 32.0. The third-order valence-corrected chi connectivity index (χ3v) is 8.39. The largest absolute Gasteiger partial charge is 0.416 e. The van der Waals surface area contributed by atoms with Crippen molar-refractivity contribution >= 4 is 39.1 Å². The first-order valence-electron chi connectivity index (χ1n) is 12.9. The molecule has 0 aliphatic carbocycles. The highest BCUT2D eigenvalue weighted by atomic mass is 35.5. The maximum absolute atomic E-state index is 13.9. The molecule has 0 saturated carbocycles. The Hall–Kier alpha value is -3.57. The minimum Gasteiger partial charge on any atom is -0.355 e. The lowest BCUT2D eigenvalue weighted by Crippen LogP contribution is -2.52. The number of amides is 2. The molecule has 12 heteroatoms. The van der Waals surface area contributed by atoms with E-state index in [2.05, 4.69) is 5.32 Å². The summed E-state index contributed by atoms with van der Waals surface area (Å²) in [4.78, 5) is 27.9. The molecule has 1 unspecified atom stereocenters. The molecule has 0 fully saturated rings.